The van der Waals surface area contributed by atoms with Crippen LogP contribution in [-0.4, -0.2) is 50.0 Å². The first-order valence-electron chi connectivity index (χ1n) is 9.34. The molecule has 24 heavy (non-hydrogen) atoms. The minimum absolute atomic E-state index is 0.283. The van der Waals surface area contributed by atoms with E-state index in [9.17, 15) is 5.11 Å². The lowest BCUT2D eigenvalue weighted by Gasteiger charge is -2.58. The average molecular weight is 331 g/mol. The van der Waals surface area contributed by atoms with Crippen molar-refractivity contribution >= 4 is 0 Å². The van der Waals surface area contributed by atoms with E-state index < -0.39 is 0 Å². The highest BCUT2D eigenvalue weighted by molar-refractivity contribution is 5.52. The molecule has 1 N–H and O–H groups in total. The quantitative estimate of drug-likeness (QED) is 0.861. The SMILES string of the molecule is COCCOc1cc2c(cc1O)[C@@]13CCCCC1[C@@H](C2)N(C)CC3. The minimum atomic E-state index is 0.283. The van der Waals surface area contributed by atoms with E-state index in [0.29, 0.717) is 30.8 Å². The van der Waals surface area contributed by atoms with Crippen LogP contribution in [0.5, 0.6) is 11.5 Å². The number of benzene rings is 1. The van der Waals surface area contributed by atoms with Crippen LogP contribution in [0.15, 0.2) is 12.1 Å². The number of hydrogen-bond acceptors (Lipinski definition) is 4. The van der Waals surface area contributed by atoms with Crippen molar-refractivity contribution in [1.29, 1.82) is 0 Å². The van der Waals surface area contributed by atoms with Crippen molar-refractivity contribution in [3.63, 3.8) is 0 Å². The molecule has 3 atom stereocenters. The van der Waals surface area contributed by atoms with Gasteiger partial charge in [-0.05, 0) is 68.5 Å². The van der Waals surface area contributed by atoms with Gasteiger partial charge in [-0.2, -0.15) is 0 Å². The molecule has 1 aliphatic heterocycles. The van der Waals surface area contributed by atoms with E-state index in [2.05, 4.69) is 18.0 Å². The van der Waals surface area contributed by atoms with Crippen molar-refractivity contribution in [2.45, 2.75) is 50.0 Å². The van der Waals surface area contributed by atoms with Crippen LogP contribution in [0.3, 0.4) is 0 Å². The van der Waals surface area contributed by atoms with Gasteiger partial charge in [-0.3, -0.25) is 0 Å². The molecule has 1 unspecified atom stereocenters. The predicted molar refractivity (Wildman–Crippen MR) is 93.9 cm³/mol. The second-order valence-electron chi connectivity index (χ2n) is 7.83. The van der Waals surface area contributed by atoms with Crippen LogP contribution in [0.2, 0.25) is 0 Å². The zero-order valence-corrected chi connectivity index (χ0v) is 14.9. The summed E-state index contributed by atoms with van der Waals surface area (Å²) in [5.41, 5.74) is 3.08. The van der Waals surface area contributed by atoms with Crippen LogP contribution >= 0.6 is 0 Å². The Kier molecular flexibility index (Phi) is 4.21. The number of hydrogen-bond donors (Lipinski definition) is 1. The number of likely N-dealkylation sites (tertiary alicyclic amines) is 1. The number of piperidine rings is 1. The Morgan fingerprint density at radius 3 is 2.96 bits per heavy atom. The number of likely N-dealkylation sites (N-methyl/N-ethyl adjacent to an activating group) is 1. The van der Waals surface area contributed by atoms with Crippen LogP contribution in [0.25, 0.3) is 0 Å². The summed E-state index contributed by atoms with van der Waals surface area (Å²) in [6.07, 6.45) is 7.59. The molecule has 1 aromatic carbocycles. The highest BCUT2D eigenvalue weighted by Crippen LogP contribution is 2.56. The van der Waals surface area contributed by atoms with E-state index >= 15 is 0 Å². The molecule has 0 aromatic heterocycles. The van der Waals surface area contributed by atoms with Gasteiger partial charge in [-0.25, -0.2) is 0 Å². The van der Waals surface area contributed by atoms with Crippen LogP contribution in [-0.2, 0) is 16.6 Å². The topological polar surface area (TPSA) is 41.9 Å². The van der Waals surface area contributed by atoms with Gasteiger partial charge in [0.1, 0.15) is 6.61 Å². The normalized spacial score (nSPS) is 32.1. The fraction of sp³-hybridized carbons (Fsp3) is 0.700. The van der Waals surface area contributed by atoms with Crippen molar-refractivity contribution in [1.82, 2.24) is 4.90 Å². The van der Waals surface area contributed by atoms with E-state index in [0.717, 1.165) is 12.3 Å². The molecule has 1 heterocycles. The summed E-state index contributed by atoms with van der Waals surface area (Å²) in [7, 11) is 3.94. The first-order valence-corrected chi connectivity index (χ1v) is 9.34. The number of rotatable bonds is 4. The Labute approximate surface area is 144 Å². The largest absolute Gasteiger partial charge is 0.504 e. The van der Waals surface area contributed by atoms with E-state index in [1.807, 2.05) is 6.07 Å². The molecule has 1 aromatic rings. The Hall–Kier alpha value is -1.26. The Morgan fingerprint density at radius 1 is 1.25 bits per heavy atom. The molecule has 0 spiro atoms. The van der Waals surface area contributed by atoms with Crippen molar-refractivity contribution in [2.75, 3.05) is 33.9 Å². The van der Waals surface area contributed by atoms with Gasteiger partial charge >= 0.3 is 0 Å². The maximum absolute atomic E-state index is 10.5. The number of methoxy groups -OCH3 is 1. The third-order valence-corrected chi connectivity index (χ3v) is 6.73. The maximum Gasteiger partial charge on any atom is 0.161 e. The van der Waals surface area contributed by atoms with Crippen LogP contribution < -0.4 is 4.74 Å². The smallest absolute Gasteiger partial charge is 0.161 e. The monoisotopic (exact) mass is 331 g/mol. The molecule has 2 fully saturated rings. The number of fused-ring (bicyclic) bond motifs is 1. The first-order chi connectivity index (χ1) is 11.7. The predicted octanol–water partition coefficient (Wildman–Crippen LogP) is 3.11. The van der Waals surface area contributed by atoms with Gasteiger partial charge in [-0.15, -0.1) is 0 Å². The number of nitrogens with zero attached hydrogens (tertiary/aromatic N) is 1. The summed E-state index contributed by atoms with van der Waals surface area (Å²) in [6, 6.07) is 4.76. The highest BCUT2D eigenvalue weighted by Gasteiger charge is 2.53. The molecule has 1 saturated heterocycles. The molecule has 4 heteroatoms. The number of phenolic OH excluding ortho intramolecular Hbond substituents is 1. The number of phenols is 1. The lowest BCUT2D eigenvalue weighted by Crippen LogP contribution is -2.59. The van der Waals surface area contributed by atoms with Crippen molar-refractivity contribution in [3.8, 4) is 11.5 Å². The molecule has 1 saturated carbocycles. The van der Waals surface area contributed by atoms with E-state index in [4.69, 9.17) is 9.47 Å². The van der Waals surface area contributed by atoms with Crippen LogP contribution in [0, 0.1) is 5.92 Å². The molecule has 2 aliphatic carbocycles. The summed E-state index contributed by atoms with van der Waals surface area (Å²) in [5, 5.41) is 10.5. The zero-order valence-electron chi connectivity index (χ0n) is 14.9. The van der Waals surface area contributed by atoms with E-state index in [1.165, 1.54) is 49.8 Å². The molecular weight excluding hydrogens is 302 g/mol. The number of ether oxygens (including phenoxy) is 2. The molecule has 2 bridgehead atoms. The van der Waals surface area contributed by atoms with Gasteiger partial charge in [0.15, 0.2) is 11.5 Å². The Balaban J connectivity index is 1.73. The lowest BCUT2D eigenvalue weighted by atomic mass is 9.52. The highest BCUT2D eigenvalue weighted by atomic mass is 16.5. The van der Waals surface area contributed by atoms with E-state index in [-0.39, 0.29) is 5.41 Å². The molecular formula is C20H29NO3. The van der Waals surface area contributed by atoms with Crippen LogP contribution in [0.1, 0.15) is 43.2 Å². The first kappa shape index (κ1) is 16.2. The van der Waals surface area contributed by atoms with Gasteiger partial charge in [0.05, 0.1) is 6.61 Å². The minimum Gasteiger partial charge on any atom is -0.504 e. The molecule has 0 radical (unpaired) electrons. The third-order valence-electron chi connectivity index (χ3n) is 6.73. The summed E-state index contributed by atoms with van der Waals surface area (Å²) in [6.45, 7) is 2.18. The fourth-order valence-corrected chi connectivity index (χ4v) is 5.57. The summed E-state index contributed by atoms with van der Waals surface area (Å²) < 4.78 is 10.8. The molecule has 4 nitrogen and oxygen atoms in total. The van der Waals surface area contributed by atoms with Gasteiger partial charge < -0.3 is 19.5 Å². The Bertz CT molecular complexity index is 617. The van der Waals surface area contributed by atoms with Gasteiger partial charge in [0, 0.05) is 18.6 Å². The lowest BCUT2D eigenvalue weighted by molar-refractivity contribution is 0.00260. The molecule has 4 rings (SSSR count). The van der Waals surface area contributed by atoms with Crippen molar-refractivity contribution < 1.29 is 14.6 Å². The van der Waals surface area contributed by atoms with E-state index in [1.54, 1.807) is 7.11 Å². The average Bonchev–Trinajstić information content (AvgIpc) is 2.59. The Morgan fingerprint density at radius 2 is 2.12 bits per heavy atom. The second-order valence-corrected chi connectivity index (χ2v) is 7.83. The molecule has 0 amide bonds. The van der Waals surface area contributed by atoms with Crippen molar-refractivity contribution in [3.05, 3.63) is 23.3 Å². The summed E-state index contributed by atoms with van der Waals surface area (Å²) >= 11 is 0. The van der Waals surface area contributed by atoms with Gasteiger partial charge in [0.25, 0.3) is 0 Å². The van der Waals surface area contributed by atoms with Crippen molar-refractivity contribution in [2.24, 2.45) is 5.92 Å². The van der Waals surface area contributed by atoms with Gasteiger partial charge in [0.2, 0.25) is 0 Å². The van der Waals surface area contributed by atoms with Gasteiger partial charge in [-0.1, -0.05) is 12.8 Å². The fourth-order valence-electron chi connectivity index (χ4n) is 5.57. The molecule has 132 valence electrons. The standard InChI is InChI=1S/C20H29NO3/c1-21-8-7-20-6-4-3-5-15(20)17(21)11-14-12-19(24-10-9-23-2)18(22)13-16(14)20/h12-13,15,17,22H,3-11H2,1-2H3/t15?,17-,20-/m1/s1. The summed E-state index contributed by atoms with van der Waals surface area (Å²) in [4.78, 5) is 2.56. The third kappa shape index (κ3) is 2.42. The zero-order chi connectivity index (χ0) is 16.7. The summed E-state index contributed by atoms with van der Waals surface area (Å²) in [5.74, 6) is 1.65. The number of aromatic hydroxyl groups is 1. The molecule has 3 aliphatic rings. The maximum atomic E-state index is 10.5. The van der Waals surface area contributed by atoms with Crippen LogP contribution in [0.4, 0.5) is 0 Å². The second kappa shape index (κ2) is 6.23.